The quantitative estimate of drug-likeness (QED) is 0.504. The van der Waals surface area contributed by atoms with Crippen molar-refractivity contribution in [2.75, 3.05) is 19.5 Å². The summed E-state index contributed by atoms with van der Waals surface area (Å²) in [7, 11) is 2.69. The Kier molecular flexibility index (Phi) is 5.17. The number of fused-ring (bicyclic) bond motifs is 2. The lowest BCUT2D eigenvalue weighted by molar-refractivity contribution is 0.0667. The van der Waals surface area contributed by atoms with Gasteiger partial charge < -0.3 is 19.5 Å². The fourth-order valence-electron chi connectivity index (χ4n) is 3.05. The van der Waals surface area contributed by atoms with E-state index in [1.54, 1.807) is 24.5 Å². The second-order valence-corrected chi connectivity index (χ2v) is 6.29. The third-order valence-corrected chi connectivity index (χ3v) is 4.50. The second kappa shape index (κ2) is 8.08. The van der Waals surface area contributed by atoms with Crippen LogP contribution in [0.4, 0.5) is 16.3 Å². The molecule has 152 valence electrons. The van der Waals surface area contributed by atoms with Crippen molar-refractivity contribution in [2.45, 2.75) is 6.61 Å². The predicted octanol–water partition coefficient (Wildman–Crippen LogP) is 3.28. The van der Waals surface area contributed by atoms with Crippen LogP contribution >= 0.6 is 0 Å². The first-order valence-corrected chi connectivity index (χ1v) is 9.01. The summed E-state index contributed by atoms with van der Waals surface area (Å²) in [6.07, 6.45) is 2.39. The van der Waals surface area contributed by atoms with Crippen LogP contribution in [-0.2, 0) is 16.1 Å². The summed E-state index contributed by atoms with van der Waals surface area (Å²) in [4.78, 5) is 33.4. The molecule has 0 aliphatic heterocycles. The lowest BCUT2D eigenvalue weighted by atomic mass is 10.2. The molecule has 0 aliphatic carbocycles. The molecule has 30 heavy (non-hydrogen) atoms. The summed E-state index contributed by atoms with van der Waals surface area (Å²) in [5, 5.41) is 4.07. The van der Waals surface area contributed by atoms with Crippen molar-refractivity contribution in [1.82, 2.24) is 14.4 Å². The smallest absolute Gasteiger partial charge is 0.493 e. The minimum Gasteiger partial charge on any atom is -0.493 e. The van der Waals surface area contributed by atoms with Crippen molar-refractivity contribution in [3.8, 4) is 5.75 Å². The highest BCUT2D eigenvalue weighted by Gasteiger charge is 2.17. The number of carbonyl (C=O) groups excluding carboxylic acids is 1. The minimum atomic E-state index is -0.895. The van der Waals surface area contributed by atoms with E-state index in [0.717, 1.165) is 10.9 Å². The van der Waals surface area contributed by atoms with Crippen LogP contribution in [0, 0.1) is 0 Å². The molecule has 1 aromatic carbocycles. The largest absolute Gasteiger partial charge is 0.508 e. The predicted molar refractivity (Wildman–Crippen MR) is 110 cm³/mol. The van der Waals surface area contributed by atoms with Crippen LogP contribution in [0.15, 0.2) is 59.7 Å². The third kappa shape index (κ3) is 3.60. The third-order valence-electron chi connectivity index (χ3n) is 4.50. The van der Waals surface area contributed by atoms with Crippen LogP contribution < -0.4 is 15.6 Å². The fourth-order valence-corrected chi connectivity index (χ4v) is 3.05. The molecular formula is C21H18N4O5. The summed E-state index contributed by atoms with van der Waals surface area (Å²) in [5.74, 6) is 0.678. The zero-order chi connectivity index (χ0) is 21.1. The first-order valence-electron chi connectivity index (χ1n) is 9.01. The van der Waals surface area contributed by atoms with E-state index < -0.39 is 11.7 Å². The van der Waals surface area contributed by atoms with Crippen LogP contribution in [-0.4, -0.2) is 34.7 Å². The van der Waals surface area contributed by atoms with Gasteiger partial charge >= 0.3 is 6.16 Å². The first-order chi connectivity index (χ1) is 14.6. The first kappa shape index (κ1) is 19.2. The Hall–Kier alpha value is -4.14. The van der Waals surface area contributed by atoms with Gasteiger partial charge in [0.25, 0.3) is 5.56 Å². The van der Waals surface area contributed by atoms with E-state index in [2.05, 4.69) is 20.0 Å². The number of carbonyl (C=O) groups is 1. The maximum Gasteiger partial charge on any atom is 0.508 e. The van der Waals surface area contributed by atoms with Gasteiger partial charge in [-0.05, 0) is 36.4 Å². The van der Waals surface area contributed by atoms with Crippen LogP contribution in [0.25, 0.3) is 16.6 Å². The number of anilines is 2. The number of pyridine rings is 2. The maximum atomic E-state index is 13.1. The van der Waals surface area contributed by atoms with Crippen LogP contribution in [0.1, 0.15) is 5.56 Å². The molecule has 0 bridgehead atoms. The highest BCUT2D eigenvalue weighted by molar-refractivity contribution is 5.83. The lowest BCUT2D eigenvalue weighted by Crippen LogP contribution is -2.23. The molecule has 0 amide bonds. The summed E-state index contributed by atoms with van der Waals surface area (Å²) >= 11 is 0. The number of benzene rings is 1. The Morgan fingerprint density at radius 3 is 2.83 bits per heavy atom. The minimum absolute atomic E-state index is 0.164. The highest BCUT2D eigenvalue weighted by Crippen LogP contribution is 2.24. The maximum absolute atomic E-state index is 13.1. The second-order valence-electron chi connectivity index (χ2n) is 6.29. The molecular weight excluding hydrogens is 388 g/mol. The molecule has 0 saturated heterocycles. The van der Waals surface area contributed by atoms with Crippen LogP contribution in [0.5, 0.6) is 5.75 Å². The normalized spacial score (nSPS) is 10.7. The number of methoxy groups -OCH3 is 2. The topological polar surface area (TPSA) is 104 Å². The van der Waals surface area contributed by atoms with E-state index in [0.29, 0.717) is 17.1 Å². The molecule has 0 saturated carbocycles. The molecule has 9 heteroatoms. The van der Waals surface area contributed by atoms with E-state index in [1.807, 2.05) is 30.3 Å². The van der Waals surface area contributed by atoms with Crippen molar-refractivity contribution in [3.05, 3.63) is 70.8 Å². The summed E-state index contributed by atoms with van der Waals surface area (Å²) < 4.78 is 16.2. The van der Waals surface area contributed by atoms with E-state index in [4.69, 9.17) is 9.47 Å². The fraction of sp³-hybridized carbons (Fsp3) is 0.143. The van der Waals surface area contributed by atoms with Gasteiger partial charge in [-0.3, -0.25) is 14.2 Å². The summed E-state index contributed by atoms with van der Waals surface area (Å²) in [6, 6.07) is 12.7. The van der Waals surface area contributed by atoms with E-state index in [9.17, 15) is 9.59 Å². The van der Waals surface area contributed by atoms with Gasteiger partial charge in [0.15, 0.2) is 11.4 Å². The van der Waals surface area contributed by atoms with Crippen molar-refractivity contribution >= 4 is 34.2 Å². The molecule has 0 spiro atoms. The summed E-state index contributed by atoms with van der Waals surface area (Å²) in [6.45, 7) is -0.309. The Balaban J connectivity index is 1.83. The van der Waals surface area contributed by atoms with Crippen molar-refractivity contribution in [1.29, 1.82) is 0 Å². The van der Waals surface area contributed by atoms with Gasteiger partial charge in [0.1, 0.15) is 12.4 Å². The molecule has 4 aromatic rings. The summed E-state index contributed by atoms with van der Waals surface area (Å²) in [5.41, 5.74) is 1.63. The standard InChI is InChI=1S/C21H18N4O5/c1-28-17-6-4-10-25-19(17)24-18(15(20(25)26)12-30-21(27)29-2)23-14-7-8-16-13(11-14)5-3-9-22-16/h3-11,23H,12H2,1-2H3. The van der Waals surface area contributed by atoms with Gasteiger partial charge in [-0.25, -0.2) is 9.78 Å². The Labute approximate surface area is 170 Å². The van der Waals surface area contributed by atoms with Crippen molar-refractivity contribution < 1.29 is 19.0 Å². The van der Waals surface area contributed by atoms with Gasteiger partial charge in [0.2, 0.25) is 0 Å². The van der Waals surface area contributed by atoms with Crippen LogP contribution in [0.3, 0.4) is 0 Å². The molecule has 0 radical (unpaired) electrons. The molecule has 0 atom stereocenters. The lowest BCUT2D eigenvalue weighted by Gasteiger charge is -2.14. The monoisotopic (exact) mass is 406 g/mol. The number of hydrogen-bond acceptors (Lipinski definition) is 8. The van der Waals surface area contributed by atoms with Gasteiger partial charge in [-0.1, -0.05) is 6.07 Å². The average molecular weight is 406 g/mol. The van der Waals surface area contributed by atoms with Gasteiger partial charge in [-0.15, -0.1) is 0 Å². The molecule has 3 heterocycles. The Morgan fingerprint density at radius 2 is 2.03 bits per heavy atom. The number of ether oxygens (including phenoxy) is 3. The molecule has 0 aliphatic rings. The Morgan fingerprint density at radius 1 is 1.17 bits per heavy atom. The van der Waals surface area contributed by atoms with E-state index >= 15 is 0 Å². The molecule has 0 fully saturated rings. The number of hydrogen-bond donors (Lipinski definition) is 1. The number of nitrogens with zero attached hydrogens (tertiary/aromatic N) is 3. The highest BCUT2D eigenvalue weighted by atomic mass is 16.7. The number of aromatic nitrogens is 3. The Bertz CT molecular complexity index is 1300. The van der Waals surface area contributed by atoms with Gasteiger partial charge in [0, 0.05) is 23.5 Å². The molecule has 9 nitrogen and oxygen atoms in total. The van der Waals surface area contributed by atoms with Gasteiger partial charge in [0.05, 0.1) is 25.3 Å². The van der Waals surface area contributed by atoms with Crippen LogP contribution in [0.2, 0.25) is 0 Å². The zero-order valence-corrected chi connectivity index (χ0v) is 16.3. The van der Waals surface area contributed by atoms with Crippen molar-refractivity contribution in [3.63, 3.8) is 0 Å². The number of nitrogens with one attached hydrogen (secondary N) is 1. The zero-order valence-electron chi connectivity index (χ0n) is 16.3. The molecule has 1 N–H and O–H groups in total. The van der Waals surface area contributed by atoms with E-state index in [1.165, 1.54) is 18.6 Å². The molecule has 3 aromatic heterocycles. The van der Waals surface area contributed by atoms with Gasteiger partial charge in [-0.2, -0.15) is 0 Å². The molecule has 4 rings (SSSR count). The van der Waals surface area contributed by atoms with Crippen molar-refractivity contribution in [2.24, 2.45) is 0 Å². The molecule has 0 unspecified atom stereocenters. The SMILES string of the molecule is COC(=O)OCc1c(Nc2ccc3ncccc3c2)nc2c(OC)cccn2c1=O. The average Bonchev–Trinajstić information content (AvgIpc) is 2.78. The van der Waals surface area contributed by atoms with E-state index in [-0.39, 0.29) is 18.0 Å². The number of rotatable bonds is 5.